The van der Waals surface area contributed by atoms with Crippen LogP contribution in [-0.4, -0.2) is 16.2 Å². The molecule has 1 heterocycles. The molecular formula is C18H17ClN2O. The molecule has 22 heavy (non-hydrogen) atoms. The van der Waals surface area contributed by atoms with Gasteiger partial charge in [0.2, 0.25) is 0 Å². The van der Waals surface area contributed by atoms with Gasteiger partial charge in [0.1, 0.15) is 18.2 Å². The third-order valence-electron chi connectivity index (χ3n) is 4.04. The van der Waals surface area contributed by atoms with Crippen molar-refractivity contribution in [3.63, 3.8) is 0 Å². The van der Waals surface area contributed by atoms with Crippen molar-refractivity contribution >= 4 is 22.6 Å². The number of halogens is 1. The molecule has 0 aliphatic heterocycles. The molecule has 0 N–H and O–H groups in total. The van der Waals surface area contributed by atoms with Crippen LogP contribution in [0.3, 0.4) is 0 Å². The molecule has 3 nitrogen and oxygen atoms in total. The predicted octanol–water partition coefficient (Wildman–Crippen LogP) is 4.65. The molecule has 1 aliphatic rings. The van der Waals surface area contributed by atoms with E-state index in [0.29, 0.717) is 17.5 Å². The molecule has 1 aromatic heterocycles. The van der Waals surface area contributed by atoms with E-state index < -0.39 is 0 Å². The number of hydrogen-bond acceptors (Lipinski definition) is 2. The van der Waals surface area contributed by atoms with Crippen molar-refractivity contribution in [2.24, 2.45) is 0 Å². The number of hydrogen-bond donors (Lipinski definition) is 0. The van der Waals surface area contributed by atoms with E-state index in [1.165, 1.54) is 24.2 Å². The molecule has 1 fully saturated rings. The van der Waals surface area contributed by atoms with Gasteiger partial charge in [-0.15, -0.1) is 0 Å². The van der Waals surface area contributed by atoms with Crippen LogP contribution in [0.1, 0.15) is 24.6 Å². The van der Waals surface area contributed by atoms with Crippen LogP contribution >= 0.6 is 11.6 Å². The van der Waals surface area contributed by atoms with Crippen molar-refractivity contribution in [2.75, 3.05) is 6.61 Å². The Morgan fingerprint density at radius 2 is 1.86 bits per heavy atom. The second-order valence-electron chi connectivity index (χ2n) is 5.66. The van der Waals surface area contributed by atoms with Gasteiger partial charge in [-0.1, -0.05) is 35.9 Å². The zero-order chi connectivity index (χ0) is 14.9. The fourth-order valence-corrected chi connectivity index (χ4v) is 2.98. The zero-order valence-corrected chi connectivity index (χ0v) is 13.0. The molecule has 1 aliphatic carbocycles. The average Bonchev–Trinajstić information content (AvgIpc) is 3.32. The van der Waals surface area contributed by atoms with Crippen molar-refractivity contribution in [1.29, 1.82) is 0 Å². The smallest absolute Gasteiger partial charge is 0.137 e. The average molecular weight is 313 g/mol. The van der Waals surface area contributed by atoms with E-state index >= 15 is 0 Å². The van der Waals surface area contributed by atoms with Crippen LogP contribution in [0, 0.1) is 0 Å². The summed E-state index contributed by atoms with van der Waals surface area (Å²) in [5, 5.41) is 0.653. The Hall–Kier alpha value is -2.00. The maximum Gasteiger partial charge on any atom is 0.137 e. The number of fused-ring (bicyclic) bond motifs is 1. The number of benzene rings is 2. The number of rotatable bonds is 5. The summed E-state index contributed by atoms with van der Waals surface area (Å²) in [4.78, 5) is 4.80. The third kappa shape index (κ3) is 2.57. The van der Waals surface area contributed by atoms with Crippen molar-refractivity contribution in [3.05, 3.63) is 59.4 Å². The molecule has 4 heteroatoms. The van der Waals surface area contributed by atoms with E-state index in [4.69, 9.17) is 21.3 Å². The van der Waals surface area contributed by atoms with Crippen molar-refractivity contribution < 1.29 is 4.74 Å². The lowest BCUT2D eigenvalue weighted by molar-refractivity contribution is 0.298. The van der Waals surface area contributed by atoms with Crippen LogP contribution in [0.2, 0.25) is 5.02 Å². The van der Waals surface area contributed by atoms with Gasteiger partial charge in [-0.3, -0.25) is 0 Å². The summed E-state index contributed by atoms with van der Waals surface area (Å²) < 4.78 is 8.13. The summed E-state index contributed by atoms with van der Waals surface area (Å²) in [5.74, 6) is 2.55. The lowest BCUT2D eigenvalue weighted by Gasteiger charge is -2.11. The minimum atomic E-state index is 0.587. The minimum absolute atomic E-state index is 0.587. The van der Waals surface area contributed by atoms with Gasteiger partial charge < -0.3 is 9.30 Å². The van der Waals surface area contributed by atoms with E-state index in [-0.39, 0.29) is 0 Å². The van der Waals surface area contributed by atoms with E-state index in [1.54, 1.807) is 0 Å². The molecule has 0 radical (unpaired) electrons. The summed E-state index contributed by atoms with van der Waals surface area (Å²) in [5.41, 5.74) is 2.26. The molecule has 112 valence electrons. The van der Waals surface area contributed by atoms with Crippen LogP contribution < -0.4 is 4.74 Å². The number of imidazole rings is 1. The SMILES string of the molecule is Clc1ccccc1OCCn1c(C2CC2)nc2ccccc21. The molecule has 0 unspecified atom stereocenters. The second-order valence-corrected chi connectivity index (χ2v) is 6.07. The molecule has 0 bridgehead atoms. The first-order valence-corrected chi connectivity index (χ1v) is 8.03. The van der Waals surface area contributed by atoms with E-state index in [9.17, 15) is 0 Å². The first-order chi connectivity index (χ1) is 10.8. The van der Waals surface area contributed by atoms with Gasteiger partial charge in [-0.25, -0.2) is 4.98 Å². The van der Waals surface area contributed by atoms with Gasteiger partial charge in [0.25, 0.3) is 0 Å². The summed E-state index contributed by atoms with van der Waals surface area (Å²) in [6.45, 7) is 1.38. The number of nitrogens with zero attached hydrogens (tertiary/aromatic N) is 2. The highest BCUT2D eigenvalue weighted by Gasteiger charge is 2.29. The highest BCUT2D eigenvalue weighted by Crippen LogP contribution is 2.40. The van der Waals surface area contributed by atoms with Gasteiger partial charge in [-0.2, -0.15) is 0 Å². The maximum atomic E-state index is 6.13. The predicted molar refractivity (Wildman–Crippen MR) is 88.7 cm³/mol. The minimum Gasteiger partial charge on any atom is -0.490 e. The van der Waals surface area contributed by atoms with Gasteiger partial charge in [-0.05, 0) is 37.1 Å². The van der Waals surface area contributed by atoms with Crippen LogP contribution in [0.4, 0.5) is 0 Å². The Morgan fingerprint density at radius 1 is 1.09 bits per heavy atom. The Morgan fingerprint density at radius 3 is 2.68 bits per heavy atom. The van der Waals surface area contributed by atoms with Gasteiger partial charge >= 0.3 is 0 Å². The number of ether oxygens (including phenoxy) is 1. The van der Waals surface area contributed by atoms with Crippen LogP contribution in [0.15, 0.2) is 48.5 Å². The Kier molecular flexibility index (Phi) is 3.51. The summed E-state index contributed by atoms with van der Waals surface area (Å²) >= 11 is 6.13. The van der Waals surface area contributed by atoms with Crippen molar-refractivity contribution in [3.8, 4) is 5.75 Å². The van der Waals surface area contributed by atoms with Crippen LogP contribution in [0.25, 0.3) is 11.0 Å². The molecule has 3 aromatic rings. The lowest BCUT2D eigenvalue weighted by atomic mass is 10.3. The maximum absolute atomic E-state index is 6.13. The van der Waals surface area contributed by atoms with Crippen molar-refractivity contribution in [1.82, 2.24) is 9.55 Å². The second kappa shape index (κ2) is 5.65. The molecule has 1 saturated carbocycles. The summed E-state index contributed by atoms with van der Waals surface area (Å²) in [7, 11) is 0. The standard InChI is InChI=1S/C18H17ClN2O/c19-14-5-1-4-8-17(14)22-12-11-21-16-7-3-2-6-15(16)20-18(21)13-9-10-13/h1-8,13H,9-12H2. The Balaban J connectivity index is 1.56. The summed E-state index contributed by atoms with van der Waals surface area (Å²) in [6.07, 6.45) is 2.49. The normalized spacial score (nSPS) is 14.4. The van der Waals surface area contributed by atoms with E-state index in [0.717, 1.165) is 17.8 Å². The molecule has 0 spiro atoms. The topological polar surface area (TPSA) is 27.1 Å². The molecule has 4 rings (SSSR count). The molecular weight excluding hydrogens is 296 g/mol. The fourth-order valence-electron chi connectivity index (χ4n) is 2.79. The molecule has 0 amide bonds. The monoisotopic (exact) mass is 312 g/mol. The first-order valence-electron chi connectivity index (χ1n) is 7.65. The highest BCUT2D eigenvalue weighted by molar-refractivity contribution is 6.32. The Labute approximate surface area is 134 Å². The van der Waals surface area contributed by atoms with Crippen LogP contribution in [0.5, 0.6) is 5.75 Å². The highest BCUT2D eigenvalue weighted by atomic mass is 35.5. The third-order valence-corrected chi connectivity index (χ3v) is 4.35. The molecule has 0 saturated heterocycles. The lowest BCUT2D eigenvalue weighted by Crippen LogP contribution is -2.11. The van der Waals surface area contributed by atoms with Gasteiger partial charge in [0, 0.05) is 5.92 Å². The number of para-hydroxylation sites is 3. The van der Waals surface area contributed by atoms with Gasteiger partial charge in [0.05, 0.1) is 22.6 Å². The number of aromatic nitrogens is 2. The van der Waals surface area contributed by atoms with Crippen LogP contribution in [-0.2, 0) is 6.54 Å². The molecule has 0 atom stereocenters. The van der Waals surface area contributed by atoms with Gasteiger partial charge in [0.15, 0.2) is 0 Å². The quantitative estimate of drug-likeness (QED) is 0.686. The largest absolute Gasteiger partial charge is 0.490 e. The Bertz CT molecular complexity index is 808. The summed E-state index contributed by atoms with van der Waals surface area (Å²) in [6, 6.07) is 15.9. The zero-order valence-electron chi connectivity index (χ0n) is 12.2. The first kappa shape index (κ1) is 13.6. The van der Waals surface area contributed by atoms with E-state index in [2.05, 4.69) is 22.8 Å². The van der Waals surface area contributed by atoms with Crippen molar-refractivity contribution in [2.45, 2.75) is 25.3 Å². The molecule has 2 aromatic carbocycles. The fraction of sp³-hybridized carbons (Fsp3) is 0.278. The van der Waals surface area contributed by atoms with E-state index in [1.807, 2.05) is 30.3 Å².